The zero-order valence-corrected chi connectivity index (χ0v) is 12.9. The zero-order chi connectivity index (χ0) is 15.8. The van der Waals surface area contributed by atoms with Crippen molar-refractivity contribution in [3.05, 3.63) is 54.1 Å². The number of aryl methyl sites for hydroxylation is 1. The van der Waals surface area contributed by atoms with Crippen LogP contribution in [0.3, 0.4) is 0 Å². The molecule has 0 unspecified atom stereocenters. The highest BCUT2D eigenvalue weighted by Gasteiger charge is 2.09. The Kier molecular flexibility index (Phi) is 6.01. The first-order chi connectivity index (χ1) is 10.7. The second kappa shape index (κ2) is 8.23. The number of carboxylic acid groups (broad SMARTS) is 1. The molecular formula is C19H22O3. The van der Waals surface area contributed by atoms with Crippen LogP contribution in [-0.4, -0.2) is 17.7 Å². The Balaban J connectivity index is 2.26. The second-order valence-corrected chi connectivity index (χ2v) is 5.29. The summed E-state index contributed by atoms with van der Waals surface area (Å²) in [4.78, 5) is 10.7. The van der Waals surface area contributed by atoms with E-state index in [1.165, 1.54) is 0 Å². The third-order valence-corrected chi connectivity index (χ3v) is 3.51. The predicted molar refractivity (Wildman–Crippen MR) is 88.2 cm³/mol. The van der Waals surface area contributed by atoms with E-state index in [0.29, 0.717) is 13.0 Å². The van der Waals surface area contributed by atoms with Crippen molar-refractivity contribution in [1.82, 2.24) is 0 Å². The number of aliphatic carboxylic acids is 1. The third kappa shape index (κ3) is 4.62. The lowest BCUT2D eigenvalue weighted by Crippen LogP contribution is -2.00. The lowest BCUT2D eigenvalue weighted by Gasteiger charge is -2.13. The minimum Gasteiger partial charge on any atom is -0.493 e. The number of carboxylic acids is 1. The van der Waals surface area contributed by atoms with Crippen molar-refractivity contribution in [3.8, 4) is 16.9 Å². The highest BCUT2D eigenvalue weighted by atomic mass is 16.5. The highest BCUT2D eigenvalue weighted by molar-refractivity contribution is 5.72. The Bertz CT molecular complexity index is 605. The van der Waals surface area contributed by atoms with E-state index in [2.05, 4.69) is 6.92 Å². The largest absolute Gasteiger partial charge is 0.493 e. The van der Waals surface area contributed by atoms with Crippen LogP contribution in [0.1, 0.15) is 31.7 Å². The molecule has 22 heavy (non-hydrogen) atoms. The molecule has 0 aliphatic carbocycles. The van der Waals surface area contributed by atoms with Gasteiger partial charge in [0.2, 0.25) is 0 Å². The molecule has 0 saturated carbocycles. The van der Waals surface area contributed by atoms with Gasteiger partial charge in [0.25, 0.3) is 0 Å². The normalized spacial score (nSPS) is 10.4. The van der Waals surface area contributed by atoms with Gasteiger partial charge < -0.3 is 9.84 Å². The van der Waals surface area contributed by atoms with Crippen LogP contribution in [0.15, 0.2) is 48.5 Å². The lowest BCUT2D eigenvalue weighted by molar-refractivity contribution is -0.136. The topological polar surface area (TPSA) is 46.5 Å². The van der Waals surface area contributed by atoms with Gasteiger partial charge in [0.05, 0.1) is 6.61 Å². The van der Waals surface area contributed by atoms with E-state index >= 15 is 0 Å². The molecule has 0 radical (unpaired) electrons. The maximum absolute atomic E-state index is 10.7. The Hall–Kier alpha value is -2.29. The molecule has 3 heteroatoms. The number of rotatable bonds is 8. The monoisotopic (exact) mass is 298 g/mol. The van der Waals surface area contributed by atoms with Crippen LogP contribution >= 0.6 is 0 Å². The molecule has 0 atom stereocenters. The molecule has 0 fully saturated rings. The van der Waals surface area contributed by atoms with Gasteiger partial charge in [-0.3, -0.25) is 4.79 Å². The van der Waals surface area contributed by atoms with Gasteiger partial charge in [-0.2, -0.15) is 0 Å². The van der Waals surface area contributed by atoms with E-state index < -0.39 is 5.97 Å². The van der Waals surface area contributed by atoms with Crippen LogP contribution in [0.25, 0.3) is 11.1 Å². The molecule has 0 bridgehead atoms. The van der Waals surface area contributed by atoms with Crippen molar-refractivity contribution in [2.45, 2.75) is 32.6 Å². The van der Waals surface area contributed by atoms with Gasteiger partial charge in [-0.1, -0.05) is 49.7 Å². The first-order valence-corrected chi connectivity index (χ1v) is 7.73. The zero-order valence-electron chi connectivity index (χ0n) is 12.9. The second-order valence-electron chi connectivity index (χ2n) is 5.29. The van der Waals surface area contributed by atoms with E-state index in [4.69, 9.17) is 9.84 Å². The van der Waals surface area contributed by atoms with E-state index in [0.717, 1.165) is 35.3 Å². The summed E-state index contributed by atoms with van der Waals surface area (Å²) in [7, 11) is 0. The van der Waals surface area contributed by atoms with E-state index in [1.807, 2.05) is 48.5 Å². The summed E-state index contributed by atoms with van der Waals surface area (Å²) in [6.45, 7) is 2.83. The fourth-order valence-corrected chi connectivity index (χ4v) is 2.28. The van der Waals surface area contributed by atoms with Crippen molar-refractivity contribution >= 4 is 5.97 Å². The van der Waals surface area contributed by atoms with Crippen molar-refractivity contribution in [1.29, 1.82) is 0 Å². The summed E-state index contributed by atoms with van der Waals surface area (Å²) in [6, 6.07) is 16.0. The molecule has 2 aromatic rings. The van der Waals surface area contributed by atoms with Gasteiger partial charge in [-0.05, 0) is 36.1 Å². The number of ether oxygens (including phenoxy) is 1. The smallest absolute Gasteiger partial charge is 0.303 e. The van der Waals surface area contributed by atoms with Crippen LogP contribution in [0.4, 0.5) is 0 Å². The fourth-order valence-electron chi connectivity index (χ4n) is 2.28. The number of hydrogen-bond donors (Lipinski definition) is 1. The minimum atomic E-state index is -0.774. The van der Waals surface area contributed by atoms with Gasteiger partial charge in [0.15, 0.2) is 0 Å². The number of unbranched alkanes of at least 4 members (excludes halogenated alkanes) is 1. The molecule has 0 aliphatic heterocycles. The third-order valence-electron chi connectivity index (χ3n) is 3.51. The molecule has 1 N–H and O–H groups in total. The summed E-state index contributed by atoms with van der Waals surface area (Å²) in [5, 5.41) is 8.83. The maximum Gasteiger partial charge on any atom is 0.303 e. The molecule has 0 aliphatic rings. The molecule has 116 valence electrons. The summed E-state index contributed by atoms with van der Waals surface area (Å²) in [6.07, 6.45) is 2.79. The Morgan fingerprint density at radius 3 is 2.59 bits per heavy atom. The van der Waals surface area contributed by atoms with Crippen molar-refractivity contribution in [2.75, 3.05) is 6.61 Å². The molecule has 2 aromatic carbocycles. The van der Waals surface area contributed by atoms with Crippen LogP contribution in [0.2, 0.25) is 0 Å². The van der Waals surface area contributed by atoms with Crippen molar-refractivity contribution in [2.24, 2.45) is 0 Å². The Morgan fingerprint density at radius 2 is 1.91 bits per heavy atom. The minimum absolute atomic E-state index is 0.143. The first-order valence-electron chi connectivity index (χ1n) is 7.73. The number of hydrogen-bond acceptors (Lipinski definition) is 2. The van der Waals surface area contributed by atoms with E-state index in [-0.39, 0.29) is 6.42 Å². The number of carbonyl (C=O) groups is 1. The molecule has 0 saturated heterocycles. The molecule has 0 heterocycles. The fraction of sp³-hybridized carbons (Fsp3) is 0.316. The molecule has 2 rings (SSSR count). The summed E-state index contributed by atoms with van der Waals surface area (Å²) >= 11 is 0. The summed E-state index contributed by atoms with van der Waals surface area (Å²) in [5.74, 6) is 0.0864. The van der Waals surface area contributed by atoms with Gasteiger partial charge in [-0.15, -0.1) is 0 Å². The predicted octanol–water partition coefficient (Wildman–Crippen LogP) is 4.55. The molecule has 3 nitrogen and oxygen atoms in total. The number of benzene rings is 2. The van der Waals surface area contributed by atoms with Crippen LogP contribution < -0.4 is 4.74 Å². The molecular weight excluding hydrogens is 276 g/mol. The molecule has 0 spiro atoms. The SMILES string of the molecule is CCCCOc1ccc(CCC(=O)O)cc1-c1ccccc1. The van der Waals surface area contributed by atoms with E-state index in [1.54, 1.807) is 0 Å². The lowest BCUT2D eigenvalue weighted by atomic mass is 10.00. The van der Waals surface area contributed by atoms with Crippen LogP contribution in [0.5, 0.6) is 5.75 Å². The first kappa shape index (κ1) is 16.1. The summed E-state index contributed by atoms with van der Waals surface area (Å²) in [5.41, 5.74) is 3.13. The maximum atomic E-state index is 10.7. The van der Waals surface area contributed by atoms with Gasteiger partial charge in [0.1, 0.15) is 5.75 Å². The van der Waals surface area contributed by atoms with E-state index in [9.17, 15) is 4.79 Å². The van der Waals surface area contributed by atoms with Crippen molar-refractivity contribution in [3.63, 3.8) is 0 Å². The standard InChI is InChI=1S/C19H22O3/c1-2-3-13-22-18-11-9-15(10-12-19(20)21)14-17(18)16-7-5-4-6-8-16/h4-9,11,14H,2-3,10,12-13H2,1H3,(H,20,21). The Labute approximate surface area is 131 Å². The summed E-state index contributed by atoms with van der Waals surface area (Å²) < 4.78 is 5.90. The molecule has 0 aromatic heterocycles. The highest BCUT2D eigenvalue weighted by Crippen LogP contribution is 2.31. The van der Waals surface area contributed by atoms with Crippen LogP contribution in [0, 0.1) is 0 Å². The molecule has 0 amide bonds. The van der Waals surface area contributed by atoms with Gasteiger partial charge in [0, 0.05) is 12.0 Å². The van der Waals surface area contributed by atoms with Crippen molar-refractivity contribution < 1.29 is 14.6 Å². The van der Waals surface area contributed by atoms with Crippen LogP contribution in [-0.2, 0) is 11.2 Å². The van der Waals surface area contributed by atoms with Gasteiger partial charge >= 0.3 is 5.97 Å². The average molecular weight is 298 g/mol. The average Bonchev–Trinajstić information content (AvgIpc) is 2.54. The van der Waals surface area contributed by atoms with Gasteiger partial charge in [-0.25, -0.2) is 0 Å². The Morgan fingerprint density at radius 1 is 1.14 bits per heavy atom. The quantitative estimate of drug-likeness (QED) is 0.727.